The van der Waals surface area contributed by atoms with Crippen molar-refractivity contribution in [2.45, 2.75) is 25.3 Å². The van der Waals surface area contributed by atoms with Crippen molar-refractivity contribution in [2.75, 3.05) is 6.54 Å². The summed E-state index contributed by atoms with van der Waals surface area (Å²) in [6, 6.07) is 3.78. The fraction of sp³-hybridized carbons (Fsp3) is 0.455. The molecule has 1 aliphatic heterocycles. The SMILES string of the molecule is O=[N+]([O-])c1cccc(F)c1C1CCCCN1. The first-order chi connectivity index (χ1) is 7.70. The van der Waals surface area contributed by atoms with E-state index in [1.54, 1.807) is 0 Å². The highest BCUT2D eigenvalue weighted by atomic mass is 19.1. The number of nitro benzene ring substituents is 1. The van der Waals surface area contributed by atoms with Crippen molar-refractivity contribution < 1.29 is 9.31 Å². The minimum Gasteiger partial charge on any atom is -0.310 e. The fourth-order valence-electron chi connectivity index (χ4n) is 2.13. The molecule has 0 saturated carbocycles. The molecule has 1 unspecified atom stereocenters. The van der Waals surface area contributed by atoms with E-state index in [1.807, 2.05) is 0 Å². The zero-order valence-electron chi connectivity index (χ0n) is 8.78. The Labute approximate surface area is 92.6 Å². The number of piperidine rings is 1. The highest BCUT2D eigenvalue weighted by molar-refractivity contribution is 5.43. The lowest BCUT2D eigenvalue weighted by atomic mass is 9.96. The summed E-state index contributed by atoms with van der Waals surface area (Å²) in [7, 11) is 0. The van der Waals surface area contributed by atoms with Gasteiger partial charge in [-0.15, -0.1) is 0 Å². The van der Waals surface area contributed by atoms with Crippen molar-refractivity contribution in [1.29, 1.82) is 0 Å². The van der Waals surface area contributed by atoms with Crippen LogP contribution in [0, 0.1) is 15.9 Å². The summed E-state index contributed by atoms with van der Waals surface area (Å²) in [5.74, 6) is -0.492. The Balaban J connectivity index is 2.40. The third-order valence-corrected chi connectivity index (χ3v) is 2.89. The van der Waals surface area contributed by atoms with Gasteiger partial charge in [-0.2, -0.15) is 0 Å². The molecule has 1 atom stereocenters. The zero-order chi connectivity index (χ0) is 11.5. The van der Waals surface area contributed by atoms with Crippen LogP contribution in [-0.4, -0.2) is 11.5 Å². The first-order valence-corrected chi connectivity index (χ1v) is 5.36. The summed E-state index contributed by atoms with van der Waals surface area (Å²) in [5.41, 5.74) is 0.0756. The summed E-state index contributed by atoms with van der Waals surface area (Å²) < 4.78 is 13.7. The van der Waals surface area contributed by atoms with E-state index in [2.05, 4.69) is 5.32 Å². The molecule has 0 spiro atoms. The molecule has 0 aliphatic carbocycles. The molecule has 1 fully saturated rings. The second kappa shape index (κ2) is 4.57. The van der Waals surface area contributed by atoms with Crippen molar-refractivity contribution in [3.05, 3.63) is 39.7 Å². The van der Waals surface area contributed by atoms with Gasteiger partial charge in [-0.25, -0.2) is 4.39 Å². The number of hydrogen-bond donors (Lipinski definition) is 1. The maximum atomic E-state index is 13.7. The molecule has 2 rings (SSSR count). The van der Waals surface area contributed by atoms with Crippen LogP contribution in [0.15, 0.2) is 18.2 Å². The molecule has 1 heterocycles. The largest absolute Gasteiger partial charge is 0.310 e. The minimum absolute atomic E-state index is 0.126. The topological polar surface area (TPSA) is 55.2 Å². The zero-order valence-corrected chi connectivity index (χ0v) is 8.78. The quantitative estimate of drug-likeness (QED) is 0.620. The van der Waals surface area contributed by atoms with E-state index < -0.39 is 10.7 Å². The van der Waals surface area contributed by atoms with Crippen molar-refractivity contribution in [3.8, 4) is 0 Å². The number of nitrogens with one attached hydrogen (secondary N) is 1. The standard InChI is InChI=1S/C11H13FN2O2/c12-8-4-3-6-10(14(15)16)11(8)9-5-1-2-7-13-9/h3-4,6,9,13H,1-2,5,7H2. The molecule has 1 aromatic rings. The average molecular weight is 224 g/mol. The molecule has 1 saturated heterocycles. The van der Waals surface area contributed by atoms with E-state index in [0.717, 1.165) is 25.8 Å². The van der Waals surface area contributed by atoms with Gasteiger partial charge in [-0.1, -0.05) is 12.5 Å². The van der Waals surface area contributed by atoms with E-state index in [9.17, 15) is 14.5 Å². The van der Waals surface area contributed by atoms with Crippen LogP contribution < -0.4 is 5.32 Å². The van der Waals surface area contributed by atoms with Crippen LogP contribution in [0.3, 0.4) is 0 Å². The molecule has 86 valence electrons. The third-order valence-electron chi connectivity index (χ3n) is 2.89. The summed E-state index contributed by atoms with van der Waals surface area (Å²) in [4.78, 5) is 10.3. The Morgan fingerprint density at radius 1 is 1.44 bits per heavy atom. The van der Waals surface area contributed by atoms with E-state index in [4.69, 9.17) is 0 Å². The lowest BCUT2D eigenvalue weighted by Gasteiger charge is -2.23. The van der Waals surface area contributed by atoms with Crippen molar-refractivity contribution in [1.82, 2.24) is 5.32 Å². The smallest absolute Gasteiger partial charge is 0.277 e. The summed E-state index contributed by atoms with van der Waals surface area (Å²) in [6.07, 6.45) is 2.77. The Kier molecular flexibility index (Phi) is 3.14. The van der Waals surface area contributed by atoms with Crippen molar-refractivity contribution >= 4 is 5.69 Å². The Morgan fingerprint density at radius 3 is 2.88 bits per heavy atom. The van der Waals surface area contributed by atoms with E-state index in [0.29, 0.717) is 0 Å². The number of nitrogens with zero attached hydrogens (tertiary/aromatic N) is 1. The van der Waals surface area contributed by atoms with E-state index >= 15 is 0 Å². The minimum atomic E-state index is -0.519. The highest BCUT2D eigenvalue weighted by Gasteiger charge is 2.26. The van der Waals surface area contributed by atoms with Crippen LogP contribution in [0.4, 0.5) is 10.1 Å². The third kappa shape index (κ3) is 2.04. The van der Waals surface area contributed by atoms with Gasteiger partial charge in [-0.05, 0) is 25.5 Å². The number of rotatable bonds is 2. The maximum absolute atomic E-state index is 13.7. The van der Waals surface area contributed by atoms with Gasteiger partial charge in [-0.3, -0.25) is 10.1 Å². The van der Waals surface area contributed by atoms with E-state index in [-0.39, 0.29) is 17.3 Å². The summed E-state index contributed by atoms with van der Waals surface area (Å²) >= 11 is 0. The molecule has 4 nitrogen and oxygen atoms in total. The van der Waals surface area contributed by atoms with Crippen LogP contribution >= 0.6 is 0 Å². The number of nitro groups is 1. The first kappa shape index (κ1) is 11.0. The lowest BCUT2D eigenvalue weighted by Crippen LogP contribution is -2.28. The Morgan fingerprint density at radius 2 is 2.25 bits per heavy atom. The molecular formula is C11H13FN2O2. The Hall–Kier alpha value is -1.49. The molecule has 16 heavy (non-hydrogen) atoms. The fourth-order valence-corrected chi connectivity index (χ4v) is 2.13. The molecule has 1 N–H and O–H groups in total. The molecule has 5 heteroatoms. The monoisotopic (exact) mass is 224 g/mol. The van der Waals surface area contributed by atoms with Crippen LogP contribution in [0.1, 0.15) is 30.9 Å². The van der Waals surface area contributed by atoms with E-state index in [1.165, 1.54) is 18.2 Å². The summed E-state index contributed by atoms with van der Waals surface area (Å²) in [5, 5.41) is 14.0. The van der Waals surface area contributed by atoms with Gasteiger partial charge in [0.2, 0.25) is 0 Å². The molecule has 0 radical (unpaired) electrons. The summed E-state index contributed by atoms with van der Waals surface area (Å²) in [6.45, 7) is 0.788. The predicted octanol–water partition coefficient (Wildman–Crippen LogP) is 2.55. The Bertz CT molecular complexity index is 403. The van der Waals surface area contributed by atoms with Crippen LogP contribution in [0.5, 0.6) is 0 Å². The lowest BCUT2D eigenvalue weighted by molar-refractivity contribution is -0.386. The van der Waals surface area contributed by atoms with Crippen molar-refractivity contribution in [2.24, 2.45) is 0 Å². The van der Waals surface area contributed by atoms with Crippen molar-refractivity contribution in [3.63, 3.8) is 0 Å². The van der Waals surface area contributed by atoms with Crippen LogP contribution in [0.2, 0.25) is 0 Å². The molecular weight excluding hydrogens is 211 g/mol. The van der Waals surface area contributed by atoms with Crippen LogP contribution in [-0.2, 0) is 0 Å². The second-order valence-corrected chi connectivity index (χ2v) is 3.93. The van der Waals surface area contributed by atoms with Gasteiger partial charge in [0.05, 0.1) is 10.5 Å². The number of hydrogen-bond acceptors (Lipinski definition) is 3. The predicted molar refractivity (Wildman–Crippen MR) is 57.6 cm³/mol. The molecule has 0 bridgehead atoms. The number of halogens is 1. The van der Waals surface area contributed by atoms with Gasteiger partial charge in [0.15, 0.2) is 0 Å². The van der Waals surface area contributed by atoms with Gasteiger partial charge in [0.25, 0.3) is 5.69 Å². The number of benzene rings is 1. The first-order valence-electron chi connectivity index (χ1n) is 5.36. The normalized spacial score (nSPS) is 20.7. The second-order valence-electron chi connectivity index (χ2n) is 3.93. The molecule has 1 aliphatic rings. The molecule has 0 aromatic heterocycles. The average Bonchev–Trinajstić information content (AvgIpc) is 2.29. The van der Waals surface area contributed by atoms with Gasteiger partial charge >= 0.3 is 0 Å². The van der Waals surface area contributed by atoms with Gasteiger partial charge in [0.1, 0.15) is 5.82 Å². The van der Waals surface area contributed by atoms with Gasteiger partial charge in [0, 0.05) is 12.1 Å². The van der Waals surface area contributed by atoms with Crippen LogP contribution in [0.25, 0.3) is 0 Å². The maximum Gasteiger partial charge on any atom is 0.277 e. The molecule has 1 aromatic carbocycles. The highest BCUT2D eigenvalue weighted by Crippen LogP contribution is 2.32. The molecule has 0 amide bonds. The van der Waals surface area contributed by atoms with Gasteiger partial charge < -0.3 is 5.32 Å².